The van der Waals surface area contributed by atoms with Crippen molar-refractivity contribution in [3.8, 4) is 0 Å². The molecule has 3 nitrogen and oxygen atoms in total. The fraction of sp³-hybridized carbons (Fsp3) is 0.600. The average Bonchev–Trinajstić information content (AvgIpc) is 2.54. The zero-order chi connectivity index (χ0) is 11.9. The summed E-state index contributed by atoms with van der Waals surface area (Å²) in [6, 6.07) is 6.86. The molecule has 0 aromatic heterocycles. The zero-order valence-electron chi connectivity index (χ0n) is 10.7. The highest BCUT2D eigenvalue weighted by Crippen LogP contribution is 2.43. The van der Waals surface area contributed by atoms with Crippen LogP contribution in [0.3, 0.4) is 0 Å². The van der Waals surface area contributed by atoms with Gasteiger partial charge in [-0.3, -0.25) is 0 Å². The Hall–Kier alpha value is -1.06. The van der Waals surface area contributed by atoms with E-state index in [-0.39, 0.29) is 0 Å². The van der Waals surface area contributed by atoms with Gasteiger partial charge in [-0.2, -0.15) is 0 Å². The molecular formula is C15H20N2O. The minimum atomic E-state index is 0.725. The van der Waals surface area contributed by atoms with Crippen LogP contribution in [0.1, 0.15) is 23.5 Å². The molecule has 96 valence electrons. The maximum Gasteiger partial charge on any atom is 0.0522 e. The summed E-state index contributed by atoms with van der Waals surface area (Å²) >= 11 is 0. The van der Waals surface area contributed by atoms with Crippen molar-refractivity contribution in [3.63, 3.8) is 0 Å². The van der Waals surface area contributed by atoms with Gasteiger partial charge in [0.15, 0.2) is 0 Å². The lowest BCUT2D eigenvalue weighted by Gasteiger charge is -2.42. The van der Waals surface area contributed by atoms with Crippen molar-refractivity contribution in [1.29, 1.82) is 0 Å². The van der Waals surface area contributed by atoms with E-state index in [1.54, 1.807) is 5.56 Å². The standard InChI is InChI=1S/C15H20N2O/c1-2-11-8-16-5-7-17-6-4-13(12-9-18-10-12)14(3-1)15(11)17/h1-3,12-13,16H,4-10H2/t13-/m1/s1. The summed E-state index contributed by atoms with van der Waals surface area (Å²) in [4.78, 5) is 2.58. The Labute approximate surface area is 108 Å². The molecule has 18 heavy (non-hydrogen) atoms. The molecule has 1 atom stereocenters. The Bertz CT molecular complexity index is 456. The van der Waals surface area contributed by atoms with Crippen molar-refractivity contribution in [3.05, 3.63) is 29.3 Å². The lowest BCUT2D eigenvalue weighted by Crippen LogP contribution is -2.40. The van der Waals surface area contributed by atoms with Gasteiger partial charge in [0, 0.05) is 37.8 Å². The summed E-state index contributed by atoms with van der Waals surface area (Å²) in [5, 5.41) is 3.53. The van der Waals surface area contributed by atoms with Crippen molar-refractivity contribution in [2.75, 3.05) is 37.7 Å². The Kier molecular flexibility index (Phi) is 2.55. The summed E-state index contributed by atoms with van der Waals surface area (Å²) in [6.07, 6.45) is 1.30. The first kappa shape index (κ1) is 10.8. The van der Waals surface area contributed by atoms with E-state index >= 15 is 0 Å². The second kappa shape index (κ2) is 4.25. The Balaban J connectivity index is 1.78. The van der Waals surface area contributed by atoms with Gasteiger partial charge in [-0.15, -0.1) is 0 Å². The molecule has 1 aromatic rings. The summed E-state index contributed by atoms with van der Waals surface area (Å²) in [5.74, 6) is 1.48. The molecule has 3 heteroatoms. The van der Waals surface area contributed by atoms with Crippen LogP contribution in [0.5, 0.6) is 0 Å². The molecule has 0 bridgehead atoms. The smallest absolute Gasteiger partial charge is 0.0522 e. The van der Waals surface area contributed by atoms with Gasteiger partial charge in [-0.25, -0.2) is 0 Å². The van der Waals surface area contributed by atoms with E-state index in [9.17, 15) is 0 Å². The van der Waals surface area contributed by atoms with Crippen molar-refractivity contribution >= 4 is 5.69 Å². The number of hydrogen-bond donors (Lipinski definition) is 1. The Morgan fingerprint density at radius 2 is 2.17 bits per heavy atom. The van der Waals surface area contributed by atoms with Gasteiger partial charge in [-0.05, 0) is 23.5 Å². The first-order valence-corrected chi connectivity index (χ1v) is 7.08. The number of benzene rings is 1. The van der Waals surface area contributed by atoms with E-state index in [0.29, 0.717) is 0 Å². The SMILES string of the molecule is c1cc2c3c(c1)[C@@H](C1COC1)CCN3CCNC2. The second-order valence-electron chi connectivity index (χ2n) is 5.71. The maximum atomic E-state index is 5.40. The molecule has 3 heterocycles. The number of ether oxygens (including phenoxy) is 1. The fourth-order valence-corrected chi connectivity index (χ4v) is 3.64. The van der Waals surface area contributed by atoms with Crippen LogP contribution in [0.15, 0.2) is 18.2 Å². The van der Waals surface area contributed by atoms with Gasteiger partial charge >= 0.3 is 0 Å². The Morgan fingerprint density at radius 1 is 1.22 bits per heavy atom. The largest absolute Gasteiger partial charge is 0.381 e. The van der Waals surface area contributed by atoms with E-state index in [1.807, 2.05) is 0 Å². The molecular weight excluding hydrogens is 224 g/mol. The lowest BCUT2D eigenvalue weighted by molar-refractivity contribution is -0.0464. The molecule has 0 aliphatic carbocycles. The fourth-order valence-electron chi connectivity index (χ4n) is 3.64. The summed E-state index contributed by atoms with van der Waals surface area (Å²) in [5.41, 5.74) is 4.59. The van der Waals surface area contributed by atoms with Crippen LogP contribution in [-0.2, 0) is 11.3 Å². The topological polar surface area (TPSA) is 24.5 Å². The first-order valence-electron chi connectivity index (χ1n) is 7.08. The van der Waals surface area contributed by atoms with Gasteiger partial charge in [-0.1, -0.05) is 18.2 Å². The molecule has 1 aromatic carbocycles. The number of hydrogen-bond acceptors (Lipinski definition) is 3. The van der Waals surface area contributed by atoms with Crippen LogP contribution >= 0.6 is 0 Å². The first-order chi connectivity index (χ1) is 8.93. The number of anilines is 1. The third-order valence-electron chi connectivity index (χ3n) is 4.68. The van der Waals surface area contributed by atoms with Crippen LogP contribution in [0.25, 0.3) is 0 Å². The van der Waals surface area contributed by atoms with Crippen molar-refractivity contribution in [2.45, 2.75) is 18.9 Å². The van der Waals surface area contributed by atoms with Crippen LogP contribution in [0.2, 0.25) is 0 Å². The van der Waals surface area contributed by atoms with E-state index in [2.05, 4.69) is 28.4 Å². The van der Waals surface area contributed by atoms with Gasteiger partial charge < -0.3 is 15.0 Å². The van der Waals surface area contributed by atoms with Crippen LogP contribution in [0, 0.1) is 5.92 Å². The molecule has 1 N–H and O–H groups in total. The molecule has 3 aliphatic heterocycles. The van der Waals surface area contributed by atoms with Crippen molar-refractivity contribution in [2.24, 2.45) is 5.92 Å². The highest BCUT2D eigenvalue weighted by molar-refractivity contribution is 5.63. The van der Waals surface area contributed by atoms with Gasteiger partial charge in [0.05, 0.1) is 13.2 Å². The summed E-state index contributed by atoms with van der Waals surface area (Å²) in [6.45, 7) is 6.42. The van der Waals surface area contributed by atoms with E-state index in [1.165, 1.54) is 24.2 Å². The monoisotopic (exact) mass is 244 g/mol. The van der Waals surface area contributed by atoms with E-state index < -0.39 is 0 Å². The van der Waals surface area contributed by atoms with Gasteiger partial charge in [0.1, 0.15) is 0 Å². The van der Waals surface area contributed by atoms with Crippen molar-refractivity contribution < 1.29 is 4.74 Å². The second-order valence-corrected chi connectivity index (χ2v) is 5.71. The van der Waals surface area contributed by atoms with E-state index in [4.69, 9.17) is 4.74 Å². The average molecular weight is 244 g/mol. The van der Waals surface area contributed by atoms with Crippen molar-refractivity contribution in [1.82, 2.24) is 5.32 Å². The molecule has 0 saturated carbocycles. The molecule has 4 rings (SSSR count). The molecule has 0 amide bonds. The summed E-state index contributed by atoms with van der Waals surface area (Å²) < 4.78 is 5.40. The minimum absolute atomic E-state index is 0.725. The highest BCUT2D eigenvalue weighted by Gasteiger charge is 2.35. The van der Waals surface area contributed by atoms with Crippen LogP contribution in [0.4, 0.5) is 5.69 Å². The third kappa shape index (κ3) is 1.57. The molecule has 0 radical (unpaired) electrons. The van der Waals surface area contributed by atoms with E-state index in [0.717, 1.165) is 44.7 Å². The molecule has 1 saturated heterocycles. The zero-order valence-corrected chi connectivity index (χ0v) is 10.7. The molecule has 3 aliphatic rings. The van der Waals surface area contributed by atoms with Gasteiger partial charge in [0.25, 0.3) is 0 Å². The van der Waals surface area contributed by atoms with Crippen LogP contribution < -0.4 is 10.2 Å². The lowest BCUT2D eigenvalue weighted by atomic mass is 9.78. The predicted octanol–water partition coefficient (Wildman–Crippen LogP) is 1.73. The highest BCUT2D eigenvalue weighted by atomic mass is 16.5. The predicted molar refractivity (Wildman–Crippen MR) is 72.0 cm³/mol. The maximum absolute atomic E-state index is 5.40. The number of rotatable bonds is 1. The van der Waals surface area contributed by atoms with Gasteiger partial charge in [0.2, 0.25) is 0 Å². The number of nitrogens with zero attached hydrogens (tertiary/aromatic N) is 1. The molecule has 0 spiro atoms. The molecule has 0 unspecified atom stereocenters. The normalized spacial score (nSPS) is 27.3. The third-order valence-corrected chi connectivity index (χ3v) is 4.68. The van der Waals surface area contributed by atoms with Crippen LogP contribution in [-0.4, -0.2) is 32.8 Å². The minimum Gasteiger partial charge on any atom is -0.381 e. The molecule has 1 fully saturated rings. The number of para-hydroxylation sites is 1. The number of nitrogens with one attached hydrogen (secondary N) is 1. The Morgan fingerprint density at radius 3 is 3.00 bits per heavy atom. The quantitative estimate of drug-likeness (QED) is 0.814. The summed E-state index contributed by atoms with van der Waals surface area (Å²) in [7, 11) is 0.